The Kier molecular flexibility index (Phi) is 2.25. The van der Waals surface area contributed by atoms with Gasteiger partial charge >= 0.3 is 0 Å². The summed E-state index contributed by atoms with van der Waals surface area (Å²) in [6.45, 7) is 1.94. The van der Waals surface area contributed by atoms with E-state index in [4.69, 9.17) is 15.3 Å². The molecule has 0 aromatic rings. The molecule has 60 valence electrons. The topological polar surface area (TPSA) is 72.7 Å². The third kappa shape index (κ3) is 1.29. The molecule has 10 heavy (non-hydrogen) atoms. The minimum Gasteiger partial charge on any atom is -0.392 e. The van der Waals surface area contributed by atoms with E-state index in [2.05, 4.69) is 5.32 Å². The van der Waals surface area contributed by atoms with E-state index in [1.54, 1.807) is 6.92 Å². The molecule has 0 aromatic heterocycles. The van der Waals surface area contributed by atoms with Crippen LogP contribution in [0.1, 0.15) is 6.92 Å². The largest absolute Gasteiger partial charge is 0.392 e. The first-order valence-corrected chi connectivity index (χ1v) is 3.40. The summed E-state index contributed by atoms with van der Waals surface area (Å²) >= 11 is 0. The molecule has 0 aromatic carbocycles. The van der Waals surface area contributed by atoms with Crippen LogP contribution in [-0.2, 0) is 0 Å². The summed E-state index contributed by atoms with van der Waals surface area (Å²) in [6, 6.07) is -0.380. The van der Waals surface area contributed by atoms with Crippen molar-refractivity contribution >= 4 is 0 Å². The van der Waals surface area contributed by atoms with Crippen LogP contribution in [0.2, 0.25) is 0 Å². The van der Waals surface area contributed by atoms with Gasteiger partial charge in [0, 0.05) is 6.54 Å². The standard InChI is InChI=1S/C6H13NO3/c1-3(8)5-6(10)4(9)2-7-5/h3-10H,2H2,1H3/t3-,4-,5-,6+/m0/s1. The Labute approximate surface area is 59.5 Å². The van der Waals surface area contributed by atoms with E-state index in [0.717, 1.165) is 0 Å². The fourth-order valence-corrected chi connectivity index (χ4v) is 1.19. The smallest absolute Gasteiger partial charge is 0.0989 e. The Balaban J connectivity index is 2.49. The predicted octanol–water partition coefficient (Wildman–Crippen LogP) is -1.94. The van der Waals surface area contributed by atoms with Crippen LogP contribution in [0.5, 0.6) is 0 Å². The summed E-state index contributed by atoms with van der Waals surface area (Å²) in [7, 11) is 0. The summed E-state index contributed by atoms with van der Waals surface area (Å²) in [5, 5.41) is 30.0. The number of hydrogen-bond acceptors (Lipinski definition) is 4. The van der Waals surface area contributed by atoms with Crippen molar-refractivity contribution in [2.45, 2.75) is 31.3 Å². The van der Waals surface area contributed by atoms with E-state index in [9.17, 15) is 0 Å². The van der Waals surface area contributed by atoms with Crippen LogP contribution < -0.4 is 5.32 Å². The highest BCUT2D eigenvalue weighted by Gasteiger charge is 2.35. The van der Waals surface area contributed by atoms with Crippen LogP contribution >= 0.6 is 0 Å². The van der Waals surface area contributed by atoms with E-state index in [0.29, 0.717) is 6.54 Å². The molecule has 0 radical (unpaired) electrons. The zero-order chi connectivity index (χ0) is 7.72. The van der Waals surface area contributed by atoms with Crippen LogP contribution in [0.15, 0.2) is 0 Å². The summed E-state index contributed by atoms with van der Waals surface area (Å²) in [4.78, 5) is 0. The molecular formula is C6H13NO3. The molecule has 1 heterocycles. The molecule has 0 unspecified atom stereocenters. The van der Waals surface area contributed by atoms with Crippen LogP contribution in [0, 0.1) is 0 Å². The minimum absolute atomic E-state index is 0.358. The SMILES string of the molecule is C[C@H](O)[C@@H]1NC[C@H](O)[C@H]1O. The predicted molar refractivity (Wildman–Crippen MR) is 35.5 cm³/mol. The van der Waals surface area contributed by atoms with Gasteiger partial charge in [-0.05, 0) is 6.92 Å². The Morgan fingerprint density at radius 1 is 1.50 bits per heavy atom. The Morgan fingerprint density at radius 2 is 2.10 bits per heavy atom. The zero-order valence-corrected chi connectivity index (χ0v) is 5.86. The molecule has 0 aliphatic carbocycles. The highest BCUT2D eigenvalue weighted by atomic mass is 16.3. The van der Waals surface area contributed by atoms with Crippen molar-refractivity contribution < 1.29 is 15.3 Å². The fourth-order valence-electron chi connectivity index (χ4n) is 1.19. The second-order valence-corrected chi connectivity index (χ2v) is 2.73. The van der Waals surface area contributed by atoms with Gasteiger partial charge in [-0.1, -0.05) is 0 Å². The van der Waals surface area contributed by atoms with Crippen molar-refractivity contribution in [3.63, 3.8) is 0 Å². The molecular weight excluding hydrogens is 134 g/mol. The second-order valence-electron chi connectivity index (χ2n) is 2.73. The highest BCUT2D eigenvalue weighted by molar-refractivity contribution is 4.92. The molecule has 1 aliphatic rings. The fraction of sp³-hybridized carbons (Fsp3) is 1.00. The van der Waals surface area contributed by atoms with Crippen molar-refractivity contribution in [3.05, 3.63) is 0 Å². The first-order valence-electron chi connectivity index (χ1n) is 3.40. The second kappa shape index (κ2) is 2.84. The molecule has 0 amide bonds. The van der Waals surface area contributed by atoms with Crippen LogP contribution in [-0.4, -0.2) is 46.2 Å². The maximum atomic E-state index is 9.16. The van der Waals surface area contributed by atoms with E-state index >= 15 is 0 Å². The van der Waals surface area contributed by atoms with Gasteiger partial charge in [0.25, 0.3) is 0 Å². The van der Waals surface area contributed by atoms with Gasteiger partial charge in [-0.25, -0.2) is 0 Å². The Bertz CT molecular complexity index is 118. The Hall–Kier alpha value is -0.160. The lowest BCUT2D eigenvalue weighted by atomic mass is 10.1. The third-order valence-electron chi connectivity index (χ3n) is 1.84. The van der Waals surface area contributed by atoms with Gasteiger partial charge in [-0.15, -0.1) is 0 Å². The zero-order valence-electron chi connectivity index (χ0n) is 5.86. The molecule has 4 nitrogen and oxygen atoms in total. The Morgan fingerprint density at radius 3 is 2.30 bits per heavy atom. The molecule has 1 saturated heterocycles. The van der Waals surface area contributed by atoms with Crippen LogP contribution in [0.3, 0.4) is 0 Å². The van der Waals surface area contributed by atoms with Crippen LogP contribution in [0.25, 0.3) is 0 Å². The average Bonchev–Trinajstić information content (AvgIpc) is 2.14. The van der Waals surface area contributed by atoms with Gasteiger partial charge in [0.2, 0.25) is 0 Å². The van der Waals surface area contributed by atoms with E-state index in [1.165, 1.54) is 0 Å². The van der Waals surface area contributed by atoms with Gasteiger partial charge in [0.05, 0.1) is 24.4 Å². The molecule has 0 saturated carbocycles. The van der Waals surface area contributed by atoms with Gasteiger partial charge in [-0.3, -0.25) is 0 Å². The van der Waals surface area contributed by atoms with Crippen molar-refractivity contribution in [2.24, 2.45) is 0 Å². The number of aliphatic hydroxyl groups is 3. The molecule has 0 spiro atoms. The molecule has 4 N–H and O–H groups in total. The number of β-amino-alcohol motifs (C(OH)–C–C–N with tert-alkyl or cyclic N) is 1. The maximum Gasteiger partial charge on any atom is 0.0989 e. The third-order valence-corrected chi connectivity index (χ3v) is 1.84. The van der Waals surface area contributed by atoms with Gasteiger partial charge in [0.15, 0.2) is 0 Å². The summed E-state index contributed by atoms with van der Waals surface area (Å²) in [5.41, 5.74) is 0. The molecule has 0 bridgehead atoms. The van der Waals surface area contributed by atoms with Gasteiger partial charge in [0.1, 0.15) is 0 Å². The van der Waals surface area contributed by atoms with E-state index in [-0.39, 0.29) is 6.04 Å². The molecule has 1 aliphatic heterocycles. The van der Waals surface area contributed by atoms with E-state index < -0.39 is 18.3 Å². The number of rotatable bonds is 1. The molecule has 1 rings (SSSR count). The first kappa shape index (κ1) is 7.94. The van der Waals surface area contributed by atoms with E-state index in [1.807, 2.05) is 0 Å². The van der Waals surface area contributed by atoms with Crippen LogP contribution in [0.4, 0.5) is 0 Å². The highest BCUT2D eigenvalue weighted by Crippen LogP contribution is 2.10. The molecule has 4 atom stereocenters. The summed E-state index contributed by atoms with van der Waals surface area (Å²) in [6.07, 6.45) is -2.19. The number of nitrogens with one attached hydrogen (secondary N) is 1. The number of aliphatic hydroxyl groups excluding tert-OH is 3. The normalized spacial score (nSPS) is 43.8. The van der Waals surface area contributed by atoms with Crippen molar-refractivity contribution in [2.75, 3.05) is 6.54 Å². The minimum atomic E-state index is -0.833. The lowest BCUT2D eigenvalue weighted by molar-refractivity contribution is 0.0114. The number of hydrogen-bond donors (Lipinski definition) is 4. The van der Waals surface area contributed by atoms with Gasteiger partial charge < -0.3 is 20.6 Å². The first-order chi connectivity index (χ1) is 4.63. The molecule has 4 heteroatoms. The lowest BCUT2D eigenvalue weighted by Gasteiger charge is -2.18. The summed E-state index contributed by atoms with van der Waals surface area (Å²) in [5.74, 6) is 0. The van der Waals surface area contributed by atoms with Crippen molar-refractivity contribution in [3.8, 4) is 0 Å². The lowest BCUT2D eigenvalue weighted by Crippen LogP contribution is -2.41. The quantitative estimate of drug-likeness (QED) is 0.348. The average molecular weight is 147 g/mol. The van der Waals surface area contributed by atoms with Crippen molar-refractivity contribution in [1.29, 1.82) is 0 Å². The van der Waals surface area contributed by atoms with Crippen molar-refractivity contribution in [1.82, 2.24) is 5.32 Å². The maximum absolute atomic E-state index is 9.16. The van der Waals surface area contributed by atoms with Gasteiger partial charge in [-0.2, -0.15) is 0 Å². The monoisotopic (exact) mass is 147 g/mol. The summed E-state index contributed by atoms with van der Waals surface area (Å²) < 4.78 is 0. The molecule has 1 fully saturated rings.